The fourth-order valence-corrected chi connectivity index (χ4v) is 7.52. The molecule has 9 nitrogen and oxygen atoms in total. The van der Waals surface area contributed by atoms with Crippen LogP contribution < -0.4 is 0 Å². The van der Waals surface area contributed by atoms with Gasteiger partial charge in [0.1, 0.15) is 19.8 Å². The molecule has 338 valence electrons. The number of allylic oxidation sites excluding steroid dienone is 2. The number of carbonyl (C=O) groups is 2. The zero-order chi connectivity index (χ0) is 42.1. The average molecular weight is 831 g/mol. The summed E-state index contributed by atoms with van der Waals surface area (Å²) in [6, 6.07) is 0. The van der Waals surface area contributed by atoms with Crippen LogP contribution in [0.3, 0.4) is 0 Å². The second-order valence-electron chi connectivity index (χ2n) is 17.5. The molecule has 0 fully saturated rings. The summed E-state index contributed by atoms with van der Waals surface area (Å²) in [6.45, 7) is 4.44. The van der Waals surface area contributed by atoms with E-state index >= 15 is 0 Å². The van der Waals surface area contributed by atoms with E-state index in [4.69, 9.17) is 18.5 Å². The Bertz CT molecular complexity index is 985. The van der Waals surface area contributed by atoms with E-state index in [0.29, 0.717) is 23.9 Å². The molecule has 0 aliphatic heterocycles. The Morgan fingerprint density at radius 3 is 1.30 bits per heavy atom. The smallest absolute Gasteiger partial charge is 0.462 e. The highest BCUT2D eigenvalue weighted by Gasteiger charge is 2.27. The zero-order valence-corrected chi connectivity index (χ0v) is 39.0. The maximum atomic E-state index is 12.7. The Morgan fingerprint density at radius 2 is 0.895 bits per heavy atom. The molecule has 0 aromatic heterocycles. The average Bonchev–Trinajstić information content (AvgIpc) is 3.16. The van der Waals surface area contributed by atoms with Gasteiger partial charge >= 0.3 is 19.8 Å². The Kier molecular flexibility index (Phi) is 39.3. The van der Waals surface area contributed by atoms with Gasteiger partial charge in [0.2, 0.25) is 0 Å². The molecule has 0 aromatic carbocycles. The molecule has 1 unspecified atom stereocenters. The number of likely N-dealkylation sites (N-methyl/N-ethyl adjacent to an activating group) is 1. The molecule has 0 saturated heterocycles. The summed E-state index contributed by atoms with van der Waals surface area (Å²) < 4.78 is 34.4. The van der Waals surface area contributed by atoms with Gasteiger partial charge in [-0.25, -0.2) is 4.57 Å². The number of carbonyl (C=O) groups excluding carboxylic acids is 2. The maximum Gasteiger partial charge on any atom is 0.472 e. The lowest BCUT2D eigenvalue weighted by Gasteiger charge is -2.24. The Labute approximate surface area is 352 Å². The number of hydrogen-bond acceptors (Lipinski definition) is 7. The van der Waals surface area contributed by atoms with Crippen molar-refractivity contribution >= 4 is 19.8 Å². The number of esters is 2. The molecule has 0 radical (unpaired) electrons. The van der Waals surface area contributed by atoms with Crippen LogP contribution in [0, 0.1) is 0 Å². The van der Waals surface area contributed by atoms with Crippen molar-refractivity contribution in [2.45, 2.75) is 232 Å². The van der Waals surface area contributed by atoms with Crippen LogP contribution in [0.4, 0.5) is 0 Å². The summed E-state index contributed by atoms with van der Waals surface area (Å²) in [6.07, 6.45) is 42.6. The van der Waals surface area contributed by atoms with Gasteiger partial charge in [-0.1, -0.05) is 187 Å². The molecule has 0 rings (SSSR count). The molecule has 2 atom stereocenters. The summed E-state index contributed by atoms with van der Waals surface area (Å²) in [4.78, 5) is 35.4. The van der Waals surface area contributed by atoms with Crippen molar-refractivity contribution in [3.05, 3.63) is 12.2 Å². The van der Waals surface area contributed by atoms with Crippen molar-refractivity contribution in [3.8, 4) is 0 Å². The topological polar surface area (TPSA) is 108 Å². The van der Waals surface area contributed by atoms with Crippen LogP contribution in [-0.2, 0) is 32.7 Å². The molecule has 0 saturated carbocycles. The first-order valence-corrected chi connectivity index (χ1v) is 25.4. The standard InChI is InChI=1S/C47H92NO8P/c1-6-8-10-12-14-16-18-20-21-22-23-24-25-26-27-28-30-32-34-36-38-40-47(50)56-45(44-55-57(51,52)54-42-41-48(3,4)5)43-53-46(49)39-37-35-33-31-29-19-17-15-13-11-9-7-2/h20-21,45H,6-19,22-44H2,1-5H3/p+1/b21-20+/t45-/m1/s1. The highest BCUT2D eigenvalue weighted by Crippen LogP contribution is 2.43. The van der Waals surface area contributed by atoms with E-state index in [2.05, 4.69) is 26.0 Å². The van der Waals surface area contributed by atoms with E-state index < -0.39 is 26.5 Å². The minimum atomic E-state index is -4.37. The fourth-order valence-electron chi connectivity index (χ4n) is 6.77. The van der Waals surface area contributed by atoms with Gasteiger partial charge in [0, 0.05) is 12.8 Å². The first-order chi connectivity index (χ1) is 27.5. The summed E-state index contributed by atoms with van der Waals surface area (Å²) in [5.41, 5.74) is 0. The molecule has 0 aliphatic carbocycles. The Balaban J connectivity index is 4.23. The SMILES string of the molecule is CCCCCCCC/C=C/CCCCCCCCCCCCCC(=O)O[C@H](COC(=O)CCCCCCCCCCCCCC)COP(=O)(O)OCC[N+](C)(C)C. The van der Waals surface area contributed by atoms with Crippen molar-refractivity contribution in [1.29, 1.82) is 0 Å². The number of quaternary nitrogens is 1. The maximum absolute atomic E-state index is 12.7. The van der Waals surface area contributed by atoms with Gasteiger partial charge in [0.15, 0.2) is 6.10 Å². The van der Waals surface area contributed by atoms with Crippen molar-refractivity contribution < 1.29 is 42.1 Å². The molecular formula is C47H93NO8P+. The summed E-state index contributed by atoms with van der Waals surface area (Å²) in [5, 5.41) is 0. The zero-order valence-electron chi connectivity index (χ0n) is 38.1. The van der Waals surface area contributed by atoms with E-state index in [1.165, 1.54) is 161 Å². The summed E-state index contributed by atoms with van der Waals surface area (Å²) in [7, 11) is 1.49. The number of nitrogens with zero attached hydrogens (tertiary/aromatic N) is 1. The monoisotopic (exact) mass is 831 g/mol. The molecule has 0 bridgehead atoms. The Morgan fingerprint density at radius 1 is 0.526 bits per heavy atom. The number of ether oxygens (including phenoxy) is 2. The molecule has 0 aromatic rings. The normalized spacial score (nSPS) is 13.6. The predicted octanol–water partition coefficient (Wildman–Crippen LogP) is 13.8. The van der Waals surface area contributed by atoms with Gasteiger partial charge in [-0.15, -0.1) is 0 Å². The van der Waals surface area contributed by atoms with Crippen molar-refractivity contribution in [3.63, 3.8) is 0 Å². The number of rotatable bonds is 44. The van der Waals surface area contributed by atoms with Crippen LogP contribution in [-0.4, -0.2) is 74.9 Å². The quantitative estimate of drug-likeness (QED) is 0.0213. The van der Waals surface area contributed by atoms with Crippen molar-refractivity contribution in [1.82, 2.24) is 0 Å². The molecule has 0 heterocycles. The second kappa shape index (κ2) is 40.2. The second-order valence-corrected chi connectivity index (χ2v) is 19.0. The highest BCUT2D eigenvalue weighted by molar-refractivity contribution is 7.47. The lowest BCUT2D eigenvalue weighted by molar-refractivity contribution is -0.870. The highest BCUT2D eigenvalue weighted by atomic mass is 31.2. The van der Waals surface area contributed by atoms with Crippen LogP contribution in [0.25, 0.3) is 0 Å². The van der Waals surface area contributed by atoms with Gasteiger partial charge in [0.25, 0.3) is 0 Å². The third-order valence-corrected chi connectivity index (χ3v) is 11.5. The predicted molar refractivity (Wildman–Crippen MR) is 238 cm³/mol. The molecule has 0 amide bonds. The molecule has 0 aliphatic rings. The largest absolute Gasteiger partial charge is 0.472 e. The van der Waals surface area contributed by atoms with Gasteiger partial charge in [-0.3, -0.25) is 18.6 Å². The van der Waals surface area contributed by atoms with Gasteiger partial charge in [-0.2, -0.15) is 0 Å². The number of unbranched alkanes of at least 4 members (excludes halogenated alkanes) is 28. The summed E-state index contributed by atoms with van der Waals surface area (Å²) >= 11 is 0. The van der Waals surface area contributed by atoms with E-state index in [1.807, 2.05) is 21.1 Å². The van der Waals surface area contributed by atoms with E-state index in [-0.39, 0.29) is 25.6 Å². The van der Waals surface area contributed by atoms with Crippen molar-refractivity contribution in [2.24, 2.45) is 0 Å². The van der Waals surface area contributed by atoms with Crippen LogP contribution >= 0.6 is 7.82 Å². The number of phosphoric ester groups is 1. The van der Waals surface area contributed by atoms with E-state index in [0.717, 1.165) is 32.1 Å². The molecular weight excluding hydrogens is 737 g/mol. The minimum absolute atomic E-state index is 0.0350. The molecule has 10 heteroatoms. The first-order valence-electron chi connectivity index (χ1n) is 23.9. The number of phosphoric acid groups is 1. The Hall–Kier alpha value is -1.25. The molecule has 0 spiro atoms. The van der Waals surface area contributed by atoms with Crippen LogP contribution in [0.15, 0.2) is 12.2 Å². The molecule has 1 N–H and O–H groups in total. The van der Waals surface area contributed by atoms with E-state index in [9.17, 15) is 19.0 Å². The van der Waals surface area contributed by atoms with Crippen LogP contribution in [0.5, 0.6) is 0 Å². The minimum Gasteiger partial charge on any atom is -0.462 e. The van der Waals surface area contributed by atoms with Gasteiger partial charge in [-0.05, 0) is 38.5 Å². The third-order valence-electron chi connectivity index (χ3n) is 10.5. The van der Waals surface area contributed by atoms with Gasteiger partial charge in [0.05, 0.1) is 27.7 Å². The fraction of sp³-hybridized carbons (Fsp3) is 0.915. The lowest BCUT2D eigenvalue weighted by atomic mass is 10.0. The third kappa shape index (κ3) is 44.1. The number of hydrogen-bond donors (Lipinski definition) is 1. The lowest BCUT2D eigenvalue weighted by Crippen LogP contribution is -2.37. The summed E-state index contributed by atoms with van der Waals surface area (Å²) in [5.74, 6) is -0.788. The molecule has 57 heavy (non-hydrogen) atoms. The van der Waals surface area contributed by atoms with Gasteiger partial charge < -0.3 is 18.9 Å². The van der Waals surface area contributed by atoms with Crippen LogP contribution in [0.2, 0.25) is 0 Å². The van der Waals surface area contributed by atoms with Crippen molar-refractivity contribution in [2.75, 3.05) is 47.5 Å². The van der Waals surface area contributed by atoms with E-state index in [1.54, 1.807) is 0 Å². The van der Waals surface area contributed by atoms with Crippen LogP contribution in [0.1, 0.15) is 226 Å². The first kappa shape index (κ1) is 55.8.